The second-order valence-corrected chi connectivity index (χ2v) is 5.32. The minimum atomic E-state index is 0.347. The zero-order chi connectivity index (χ0) is 11.3. The van der Waals surface area contributed by atoms with Crippen LogP contribution in [0.25, 0.3) is 0 Å². The van der Waals surface area contributed by atoms with E-state index in [-0.39, 0.29) is 0 Å². The van der Waals surface area contributed by atoms with Gasteiger partial charge < -0.3 is 10.1 Å². The summed E-state index contributed by atoms with van der Waals surface area (Å²) in [5, 5.41) is 3.48. The van der Waals surface area contributed by atoms with Gasteiger partial charge in [0.25, 0.3) is 0 Å². The number of piperazine rings is 1. The summed E-state index contributed by atoms with van der Waals surface area (Å²) in [6.07, 6.45) is 0. The van der Waals surface area contributed by atoms with Gasteiger partial charge in [-0.2, -0.15) is 0 Å². The average molecular weight is 214 g/mol. The van der Waals surface area contributed by atoms with Crippen LogP contribution in [0.15, 0.2) is 0 Å². The van der Waals surface area contributed by atoms with Crippen molar-refractivity contribution in [2.75, 3.05) is 39.4 Å². The van der Waals surface area contributed by atoms with E-state index < -0.39 is 0 Å². The first-order valence-corrected chi connectivity index (χ1v) is 6.08. The molecule has 0 aromatic rings. The van der Waals surface area contributed by atoms with Crippen LogP contribution in [0.2, 0.25) is 0 Å². The van der Waals surface area contributed by atoms with E-state index in [9.17, 15) is 0 Å². The Kier molecular flexibility index (Phi) is 5.03. The Hall–Kier alpha value is -0.120. The minimum absolute atomic E-state index is 0.347. The summed E-state index contributed by atoms with van der Waals surface area (Å²) in [5.74, 6) is 0. The van der Waals surface area contributed by atoms with Gasteiger partial charge in [0.1, 0.15) is 0 Å². The van der Waals surface area contributed by atoms with Gasteiger partial charge in [-0.3, -0.25) is 4.90 Å². The highest BCUT2D eigenvalue weighted by molar-refractivity contribution is 4.88. The fourth-order valence-corrected chi connectivity index (χ4v) is 2.19. The van der Waals surface area contributed by atoms with Crippen LogP contribution in [0, 0.1) is 5.41 Å². The largest absolute Gasteiger partial charge is 0.380 e. The van der Waals surface area contributed by atoms with Gasteiger partial charge in [0, 0.05) is 38.8 Å². The van der Waals surface area contributed by atoms with E-state index in [1.807, 2.05) is 0 Å². The van der Waals surface area contributed by atoms with E-state index in [2.05, 4.69) is 37.9 Å². The predicted molar refractivity (Wildman–Crippen MR) is 64.2 cm³/mol. The molecular formula is C12H26N2O. The van der Waals surface area contributed by atoms with Crippen molar-refractivity contribution in [1.29, 1.82) is 0 Å². The molecule has 1 N–H and O–H groups in total. The summed E-state index contributed by atoms with van der Waals surface area (Å²) in [6.45, 7) is 15.1. The third-order valence-electron chi connectivity index (χ3n) is 3.08. The topological polar surface area (TPSA) is 24.5 Å². The van der Waals surface area contributed by atoms with Crippen molar-refractivity contribution in [2.24, 2.45) is 5.41 Å². The Morgan fingerprint density at radius 1 is 1.40 bits per heavy atom. The van der Waals surface area contributed by atoms with Crippen molar-refractivity contribution in [3.05, 3.63) is 0 Å². The van der Waals surface area contributed by atoms with Crippen LogP contribution < -0.4 is 5.32 Å². The molecule has 1 heterocycles. The maximum atomic E-state index is 5.44. The quantitative estimate of drug-likeness (QED) is 0.715. The molecule has 15 heavy (non-hydrogen) atoms. The number of nitrogens with zero attached hydrogens (tertiary/aromatic N) is 1. The molecule has 0 amide bonds. The van der Waals surface area contributed by atoms with Gasteiger partial charge in [-0.1, -0.05) is 20.8 Å². The van der Waals surface area contributed by atoms with Crippen molar-refractivity contribution >= 4 is 0 Å². The molecule has 1 unspecified atom stereocenters. The van der Waals surface area contributed by atoms with E-state index in [1.54, 1.807) is 0 Å². The van der Waals surface area contributed by atoms with Crippen LogP contribution in [0.3, 0.4) is 0 Å². The third kappa shape index (κ3) is 4.09. The standard InChI is InChI=1S/C12H26N2O/c1-5-15-9-8-14-7-6-13-10-11(14)12(2,3)4/h11,13H,5-10H2,1-4H3. The molecule has 1 aliphatic heterocycles. The second kappa shape index (κ2) is 5.83. The number of ether oxygens (including phenoxy) is 1. The molecular weight excluding hydrogens is 188 g/mol. The summed E-state index contributed by atoms with van der Waals surface area (Å²) in [4.78, 5) is 2.56. The highest BCUT2D eigenvalue weighted by Crippen LogP contribution is 2.24. The summed E-state index contributed by atoms with van der Waals surface area (Å²) >= 11 is 0. The number of nitrogens with one attached hydrogen (secondary N) is 1. The second-order valence-electron chi connectivity index (χ2n) is 5.32. The van der Waals surface area contributed by atoms with Gasteiger partial charge in [-0.25, -0.2) is 0 Å². The molecule has 0 spiro atoms. The number of rotatable bonds is 4. The van der Waals surface area contributed by atoms with E-state index >= 15 is 0 Å². The molecule has 3 nitrogen and oxygen atoms in total. The van der Waals surface area contributed by atoms with Crippen LogP contribution in [0.5, 0.6) is 0 Å². The Bertz CT molecular complexity index is 177. The maximum absolute atomic E-state index is 5.44. The summed E-state index contributed by atoms with van der Waals surface area (Å²) < 4.78 is 5.44. The predicted octanol–water partition coefficient (Wildman–Crippen LogP) is 1.34. The fraction of sp³-hybridized carbons (Fsp3) is 1.00. The van der Waals surface area contributed by atoms with Crippen LogP contribution in [0.4, 0.5) is 0 Å². The maximum Gasteiger partial charge on any atom is 0.0593 e. The molecule has 0 aromatic carbocycles. The molecule has 1 fully saturated rings. The highest BCUT2D eigenvalue weighted by atomic mass is 16.5. The van der Waals surface area contributed by atoms with Crippen molar-refractivity contribution in [2.45, 2.75) is 33.7 Å². The zero-order valence-corrected chi connectivity index (χ0v) is 10.7. The molecule has 1 aliphatic rings. The SMILES string of the molecule is CCOCCN1CCNCC1C(C)(C)C. The van der Waals surface area contributed by atoms with E-state index in [0.717, 1.165) is 39.4 Å². The van der Waals surface area contributed by atoms with Crippen LogP contribution in [-0.4, -0.2) is 50.3 Å². The normalized spacial score (nSPS) is 24.4. The first kappa shape index (κ1) is 12.9. The molecule has 0 bridgehead atoms. The monoisotopic (exact) mass is 214 g/mol. The fourth-order valence-electron chi connectivity index (χ4n) is 2.19. The van der Waals surface area contributed by atoms with Gasteiger partial charge in [0.15, 0.2) is 0 Å². The van der Waals surface area contributed by atoms with E-state index in [0.29, 0.717) is 11.5 Å². The Labute approximate surface area is 94.2 Å². The van der Waals surface area contributed by atoms with Crippen LogP contribution in [-0.2, 0) is 4.74 Å². The third-order valence-corrected chi connectivity index (χ3v) is 3.08. The smallest absolute Gasteiger partial charge is 0.0593 e. The Morgan fingerprint density at radius 3 is 2.73 bits per heavy atom. The summed E-state index contributed by atoms with van der Waals surface area (Å²) in [6, 6.07) is 0.631. The van der Waals surface area contributed by atoms with Crippen molar-refractivity contribution in [3.63, 3.8) is 0 Å². The molecule has 1 rings (SSSR count). The molecule has 0 aromatic heterocycles. The van der Waals surface area contributed by atoms with Gasteiger partial charge >= 0.3 is 0 Å². The molecule has 0 radical (unpaired) electrons. The molecule has 90 valence electrons. The summed E-state index contributed by atoms with van der Waals surface area (Å²) in [5.41, 5.74) is 0.347. The lowest BCUT2D eigenvalue weighted by Crippen LogP contribution is -2.57. The van der Waals surface area contributed by atoms with Gasteiger partial charge in [0.2, 0.25) is 0 Å². The number of hydrogen-bond acceptors (Lipinski definition) is 3. The zero-order valence-electron chi connectivity index (χ0n) is 10.7. The van der Waals surface area contributed by atoms with Crippen LogP contribution >= 0.6 is 0 Å². The van der Waals surface area contributed by atoms with E-state index in [1.165, 1.54) is 0 Å². The molecule has 1 atom stereocenters. The van der Waals surface area contributed by atoms with Crippen molar-refractivity contribution in [1.82, 2.24) is 10.2 Å². The molecule has 0 saturated carbocycles. The van der Waals surface area contributed by atoms with Crippen molar-refractivity contribution in [3.8, 4) is 0 Å². The Balaban J connectivity index is 2.43. The molecule has 1 saturated heterocycles. The van der Waals surface area contributed by atoms with Crippen molar-refractivity contribution < 1.29 is 4.74 Å². The molecule has 0 aliphatic carbocycles. The highest BCUT2D eigenvalue weighted by Gasteiger charge is 2.31. The first-order valence-electron chi connectivity index (χ1n) is 6.08. The average Bonchev–Trinajstić information content (AvgIpc) is 2.17. The lowest BCUT2D eigenvalue weighted by Gasteiger charge is -2.43. The lowest BCUT2D eigenvalue weighted by molar-refractivity contribution is 0.0411. The number of hydrogen-bond donors (Lipinski definition) is 1. The molecule has 3 heteroatoms. The van der Waals surface area contributed by atoms with Gasteiger partial charge in [-0.15, -0.1) is 0 Å². The minimum Gasteiger partial charge on any atom is -0.380 e. The van der Waals surface area contributed by atoms with Crippen LogP contribution in [0.1, 0.15) is 27.7 Å². The Morgan fingerprint density at radius 2 is 2.13 bits per heavy atom. The van der Waals surface area contributed by atoms with Gasteiger partial charge in [0.05, 0.1) is 6.61 Å². The van der Waals surface area contributed by atoms with Gasteiger partial charge in [-0.05, 0) is 12.3 Å². The first-order chi connectivity index (χ1) is 7.05. The van der Waals surface area contributed by atoms with E-state index in [4.69, 9.17) is 4.74 Å². The lowest BCUT2D eigenvalue weighted by atomic mass is 9.84. The summed E-state index contributed by atoms with van der Waals surface area (Å²) in [7, 11) is 0.